The molecule has 1 aromatic rings. The number of hydrogen-bond acceptors (Lipinski definition) is 4. The van der Waals surface area contributed by atoms with Crippen LogP contribution in [-0.4, -0.2) is 36.3 Å². The molecule has 0 bridgehead atoms. The molecular formula is C22H34IN5O2. The van der Waals surface area contributed by atoms with Gasteiger partial charge in [-0.15, -0.1) is 24.0 Å². The number of aliphatic imine (C=N–C) groups is 1. The summed E-state index contributed by atoms with van der Waals surface area (Å²) in [6.45, 7) is 8.98. The van der Waals surface area contributed by atoms with E-state index in [4.69, 9.17) is 10.00 Å². The largest absolute Gasteiger partial charge is 0.444 e. The van der Waals surface area contributed by atoms with Gasteiger partial charge in [0.2, 0.25) is 0 Å². The lowest BCUT2D eigenvalue weighted by Gasteiger charge is -2.31. The predicted molar refractivity (Wildman–Crippen MR) is 130 cm³/mol. The summed E-state index contributed by atoms with van der Waals surface area (Å²) in [5, 5.41) is 18.7. The van der Waals surface area contributed by atoms with E-state index in [2.05, 4.69) is 27.0 Å². The van der Waals surface area contributed by atoms with Crippen LogP contribution >= 0.6 is 24.0 Å². The van der Waals surface area contributed by atoms with Gasteiger partial charge in [0.25, 0.3) is 0 Å². The second kappa shape index (κ2) is 12.6. The van der Waals surface area contributed by atoms with Crippen LogP contribution in [0.3, 0.4) is 0 Å². The Morgan fingerprint density at radius 2 is 1.70 bits per heavy atom. The monoisotopic (exact) mass is 527 g/mol. The van der Waals surface area contributed by atoms with Crippen molar-refractivity contribution in [3.05, 3.63) is 35.4 Å². The summed E-state index contributed by atoms with van der Waals surface area (Å²) in [4.78, 5) is 16.6. The first-order valence-corrected chi connectivity index (χ1v) is 10.3. The van der Waals surface area contributed by atoms with Crippen LogP contribution in [0.1, 0.15) is 64.5 Å². The van der Waals surface area contributed by atoms with E-state index in [1.807, 2.05) is 52.0 Å². The normalized spacial score (nSPS) is 19.1. The zero-order valence-electron chi connectivity index (χ0n) is 18.3. The van der Waals surface area contributed by atoms with E-state index in [1.54, 1.807) is 0 Å². The molecule has 0 heterocycles. The highest BCUT2D eigenvalue weighted by Gasteiger charge is 2.25. The van der Waals surface area contributed by atoms with Crippen molar-refractivity contribution in [3.8, 4) is 6.07 Å². The van der Waals surface area contributed by atoms with E-state index in [0.717, 1.165) is 43.8 Å². The number of hydrogen-bond donors (Lipinski definition) is 3. The summed E-state index contributed by atoms with van der Waals surface area (Å²) < 4.78 is 5.34. The molecule has 0 saturated heterocycles. The average Bonchev–Trinajstić information content (AvgIpc) is 2.66. The van der Waals surface area contributed by atoms with Gasteiger partial charge in [0.1, 0.15) is 5.60 Å². The molecular weight excluding hydrogens is 493 g/mol. The number of carbonyl (C=O) groups is 1. The quantitative estimate of drug-likeness (QED) is 0.305. The Bertz CT molecular complexity index is 729. The third kappa shape index (κ3) is 9.65. The first-order valence-electron chi connectivity index (χ1n) is 10.3. The second-order valence-corrected chi connectivity index (χ2v) is 8.34. The minimum absolute atomic E-state index is 0. The number of nitrogens with one attached hydrogen (secondary N) is 3. The number of alkyl carbamates (subject to hydrolysis) is 1. The van der Waals surface area contributed by atoms with Gasteiger partial charge in [-0.3, -0.25) is 0 Å². The molecule has 1 aromatic carbocycles. The summed E-state index contributed by atoms with van der Waals surface area (Å²) in [6.07, 6.45) is 3.40. The predicted octanol–water partition coefficient (Wildman–Crippen LogP) is 4.07. The third-order valence-corrected chi connectivity index (χ3v) is 4.64. The van der Waals surface area contributed by atoms with Crippen molar-refractivity contribution in [1.29, 1.82) is 5.26 Å². The van der Waals surface area contributed by atoms with E-state index < -0.39 is 5.60 Å². The minimum atomic E-state index is -0.477. The fraction of sp³-hybridized carbons (Fsp3) is 0.591. The standard InChI is InChI=1S/C22H33N5O2.HI/c1-5-24-20(25-15-17-8-6-16(14-23)7-9-17)26-18-10-12-19(13-11-18)27-21(28)29-22(2,3)4;/h6-9,18-19H,5,10-13,15H2,1-4H3,(H,27,28)(H2,24,25,26);1H. The van der Waals surface area contributed by atoms with E-state index in [-0.39, 0.29) is 36.1 Å². The number of amides is 1. The summed E-state index contributed by atoms with van der Waals surface area (Å²) in [6, 6.07) is 10.1. The van der Waals surface area contributed by atoms with Gasteiger partial charge in [0.15, 0.2) is 5.96 Å². The van der Waals surface area contributed by atoms with Gasteiger partial charge in [-0.05, 0) is 71.1 Å². The number of carbonyl (C=O) groups excluding carboxylic acids is 1. The van der Waals surface area contributed by atoms with Crippen LogP contribution in [0.2, 0.25) is 0 Å². The molecule has 0 radical (unpaired) electrons. The molecule has 1 aliphatic rings. The van der Waals surface area contributed by atoms with Crippen molar-refractivity contribution >= 4 is 36.0 Å². The SMILES string of the molecule is CCNC(=NCc1ccc(C#N)cc1)NC1CCC(NC(=O)OC(C)(C)C)CC1.I. The van der Waals surface area contributed by atoms with Crippen LogP contribution in [-0.2, 0) is 11.3 Å². The molecule has 8 heteroatoms. The van der Waals surface area contributed by atoms with Crippen molar-refractivity contribution in [2.45, 2.75) is 77.6 Å². The van der Waals surface area contributed by atoms with Crippen molar-refractivity contribution in [2.24, 2.45) is 4.99 Å². The first-order chi connectivity index (χ1) is 13.8. The summed E-state index contributed by atoms with van der Waals surface area (Å²) >= 11 is 0. The molecule has 2 rings (SSSR count). The van der Waals surface area contributed by atoms with Crippen LogP contribution < -0.4 is 16.0 Å². The maximum atomic E-state index is 11.9. The van der Waals surface area contributed by atoms with Crippen LogP contribution in [0.15, 0.2) is 29.3 Å². The van der Waals surface area contributed by atoms with Crippen molar-refractivity contribution in [2.75, 3.05) is 6.54 Å². The molecule has 1 fully saturated rings. The highest BCUT2D eigenvalue weighted by atomic mass is 127. The molecule has 0 aliphatic heterocycles. The van der Waals surface area contributed by atoms with Gasteiger partial charge in [-0.1, -0.05) is 12.1 Å². The second-order valence-electron chi connectivity index (χ2n) is 8.34. The van der Waals surface area contributed by atoms with E-state index >= 15 is 0 Å². The fourth-order valence-electron chi connectivity index (χ4n) is 3.22. The number of nitrogens with zero attached hydrogens (tertiary/aromatic N) is 2. The van der Waals surface area contributed by atoms with E-state index in [1.165, 1.54) is 0 Å². The summed E-state index contributed by atoms with van der Waals surface area (Å²) in [7, 11) is 0. The third-order valence-electron chi connectivity index (χ3n) is 4.64. The Balaban J connectivity index is 0.00000450. The number of rotatable bonds is 5. The molecule has 0 spiro atoms. The van der Waals surface area contributed by atoms with Gasteiger partial charge in [-0.25, -0.2) is 9.79 Å². The molecule has 0 aromatic heterocycles. The molecule has 30 heavy (non-hydrogen) atoms. The van der Waals surface area contributed by atoms with Gasteiger partial charge < -0.3 is 20.7 Å². The van der Waals surface area contributed by atoms with E-state index in [9.17, 15) is 4.79 Å². The Kier molecular flexibility index (Phi) is 10.9. The molecule has 1 aliphatic carbocycles. The van der Waals surface area contributed by atoms with Crippen LogP contribution in [0.25, 0.3) is 0 Å². The summed E-state index contributed by atoms with van der Waals surface area (Å²) in [5.74, 6) is 0.792. The number of ether oxygens (including phenoxy) is 1. The van der Waals surface area contributed by atoms with Gasteiger partial charge in [0.05, 0.1) is 18.2 Å². The molecule has 1 amide bonds. The highest BCUT2D eigenvalue weighted by Crippen LogP contribution is 2.19. The lowest BCUT2D eigenvalue weighted by Crippen LogP contribution is -2.48. The zero-order valence-corrected chi connectivity index (χ0v) is 20.7. The Labute approximate surface area is 197 Å². The van der Waals surface area contributed by atoms with Crippen molar-refractivity contribution in [3.63, 3.8) is 0 Å². The number of nitriles is 1. The minimum Gasteiger partial charge on any atom is -0.444 e. The Morgan fingerprint density at radius 3 is 2.20 bits per heavy atom. The van der Waals surface area contributed by atoms with E-state index in [0.29, 0.717) is 18.2 Å². The number of guanidine groups is 1. The lowest BCUT2D eigenvalue weighted by atomic mass is 9.91. The Hall–Kier alpha value is -2.02. The van der Waals surface area contributed by atoms with Gasteiger partial charge >= 0.3 is 6.09 Å². The smallest absolute Gasteiger partial charge is 0.407 e. The zero-order chi connectivity index (χ0) is 21.3. The van der Waals surface area contributed by atoms with Crippen molar-refractivity contribution < 1.29 is 9.53 Å². The van der Waals surface area contributed by atoms with Gasteiger partial charge in [-0.2, -0.15) is 5.26 Å². The van der Waals surface area contributed by atoms with Crippen molar-refractivity contribution in [1.82, 2.24) is 16.0 Å². The molecule has 3 N–H and O–H groups in total. The molecule has 0 atom stereocenters. The molecule has 0 unspecified atom stereocenters. The van der Waals surface area contributed by atoms with Crippen LogP contribution in [0.4, 0.5) is 4.79 Å². The highest BCUT2D eigenvalue weighted by molar-refractivity contribution is 14.0. The van der Waals surface area contributed by atoms with Crippen LogP contribution in [0.5, 0.6) is 0 Å². The molecule has 1 saturated carbocycles. The van der Waals surface area contributed by atoms with Gasteiger partial charge in [0, 0.05) is 18.6 Å². The molecule has 7 nitrogen and oxygen atoms in total. The topological polar surface area (TPSA) is 98.5 Å². The average molecular weight is 527 g/mol. The van der Waals surface area contributed by atoms with Crippen LogP contribution in [0, 0.1) is 11.3 Å². The lowest BCUT2D eigenvalue weighted by molar-refractivity contribution is 0.0490. The fourth-order valence-corrected chi connectivity index (χ4v) is 3.22. The Morgan fingerprint density at radius 1 is 1.13 bits per heavy atom. The number of halogens is 1. The maximum absolute atomic E-state index is 11.9. The first kappa shape index (κ1) is 26.0. The number of benzene rings is 1. The maximum Gasteiger partial charge on any atom is 0.407 e. The summed E-state index contributed by atoms with van der Waals surface area (Å²) in [5.41, 5.74) is 1.24. The molecule has 166 valence electrons.